The van der Waals surface area contributed by atoms with Crippen LogP contribution in [0.15, 0.2) is 5.38 Å². The van der Waals surface area contributed by atoms with Gasteiger partial charge in [0.05, 0.1) is 17.8 Å². The molecular formula is C8H11NO3S. The van der Waals surface area contributed by atoms with Crippen molar-refractivity contribution in [3.8, 4) is 0 Å². The van der Waals surface area contributed by atoms with E-state index in [1.165, 1.54) is 18.4 Å². The molecule has 0 amide bonds. The maximum absolute atomic E-state index is 10.8. The normalized spacial score (nSPS) is 12.5. The fourth-order valence-electron chi connectivity index (χ4n) is 0.919. The number of nitrogens with zero attached hydrogens (tertiary/aromatic N) is 1. The fraction of sp³-hybridized carbons (Fsp3) is 0.500. The number of aliphatic hydroxyl groups excluding tert-OH is 1. The number of methoxy groups -OCH3 is 1. The zero-order valence-electron chi connectivity index (χ0n) is 7.48. The van der Waals surface area contributed by atoms with E-state index in [9.17, 15) is 9.90 Å². The van der Waals surface area contributed by atoms with Crippen molar-refractivity contribution in [2.45, 2.75) is 19.4 Å². The first-order chi connectivity index (χ1) is 6.13. The lowest BCUT2D eigenvalue weighted by Gasteiger charge is -2.04. The van der Waals surface area contributed by atoms with Gasteiger partial charge in [0.15, 0.2) is 6.10 Å². The maximum Gasteiger partial charge on any atom is 0.335 e. The molecule has 0 aliphatic rings. The highest BCUT2D eigenvalue weighted by molar-refractivity contribution is 7.09. The highest BCUT2D eigenvalue weighted by Crippen LogP contribution is 2.10. The van der Waals surface area contributed by atoms with Gasteiger partial charge in [-0.1, -0.05) is 0 Å². The Balaban J connectivity index is 2.54. The zero-order chi connectivity index (χ0) is 9.84. The summed E-state index contributed by atoms with van der Waals surface area (Å²) in [5, 5.41) is 12.0. The molecule has 1 heterocycles. The summed E-state index contributed by atoms with van der Waals surface area (Å²) in [6.07, 6.45) is -0.886. The molecule has 0 aliphatic heterocycles. The van der Waals surface area contributed by atoms with E-state index in [-0.39, 0.29) is 6.42 Å². The molecule has 5 heteroatoms. The minimum Gasteiger partial charge on any atom is -0.467 e. The minimum absolute atomic E-state index is 0.219. The van der Waals surface area contributed by atoms with E-state index < -0.39 is 12.1 Å². The van der Waals surface area contributed by atoms with E-state index in [0.29, 0.717) is 0 Å². The van der Waals surface area contributed by atoms with Crippen LogP contribution in [0.3, 0.4) is 0 Å². The van der Waals surface area contributed by atoms with Crippen molar-refractivity contribution in [2.75, 3.05) is 7.11 Å². The van der Waals surface area contributed by atoms with Gasteiger partial charge in [-0.3, -0.25) is 0 Å². The summed E-state index contributed by atoms with van der Waals surface area (Å²) in [4.78, 5) is 14.9. The summed E-state index contributed by atoms with van der Waals surface area (Å²) in [6.45, 7) is 1.87. The summed E-state index contributed by atoms with van der Waals surface area (Å²) >= 11 is 1.49. The van der Waals surface area contributed by atoms with Crippen molar-refractivity contribution in [3.05, 3.63) is 16.1 Å². The lowest BCUT2D eigenvalue weighted by atomic mass is 10.2. The molecule has 4 nitrogen and oxygen atoms in total. The number of rotatable bonds is 3. The van der Waals surface area contributed by atoms with Gasteiger partial charge in [0.1, 0.15) is 0 Å². The van der Waals surface area contributed by atoms with Crippen LogP contribution in [0.2, 0.25) is 0 Å². The first kappa shape index (κ1) is 10.1. The Morgan fingerprint density at radius 2 is 2.54 bits per heavy atom. The van der Waals surface area contributed by atoms with Gasteiger partial charge in [0.2, 0.25) is 0 Å². The highest BCUT2D eigenvalue weighted by atomic mass is 32.1. The summed E-state index contributed by atoms with van der Waals surface area (Å²) < 4.78 is 4.38. The Labute approximate surface area is 80.2 Å². The number of carbonyl (C=O) groups is 1. The van der Waals surface area contributed by atoms with Gasteiger partial charge in [-0.25, -0.2) is 9.78 Å². The molecule has 1 rings (SSSR count). The Bertz CT molecular complexity index is 297. The second-order valence-corrected chi connectivity index (χ2v) is 3.66. The largest absolute Gasteiger partial charge is 0.467 e. The van der Waals surface area contributed by atoms with Crippen LogP contribution in [0, 0.1) is 6.92 Å². The molecule has 0 aromatic carbocycles. The molecule has 1 aromatic heterocycles. The molecule has 1 unspecified atom stereocenters. The first-order valence-corrected chi connectivity index (χ1v) is 4.68. The average Bonchev–Trinajstić information content (AvgIpc) is 2.49. The first-order valence-electron chi connectivity index (χ1n) is 3.80. The maximum atomic E-state index is 10.8. The minimum atomic E-state index is -1.11. The molecule has 0 spiro atoms. The number of esters is 1. The molecule has 0 saturated heterocycles. The van der Waals surface area contributed by atoms with E-state index in [1.54, 1.807) is 0 Å². The molecule has 0 bridgehead atoms. The van der Waals surface area contributed by atoms with E-state index in [0.717, 1.165) is 10.7 Å². The van der Waals surface area contributed by atoms with Crippen molar-refractivity contribution >= 4 is 17.3 Å². The van der Waals surface area contributed by atoms with E-state index >= 15 is 0 Å². The average molecular weight is 201 g/mol. The quantitative estimate of drug-likeness (QED) is 0.725. The van der Waals surface area contributed by atoms with Crippen LogP contribution in [0.25, 0.3) is 0 Å². The number of hydrogen-bond donors (Lipinski definition) is 1. The van der Waals surface area contributed by atoms with Gasteiger partial charge in [0, 0.05) is 11.8 Å². The molecule has 0 radical (unpaired) electrons. The summed E-state index contributed by atoms with van der Waals surface area (Å²) in [5.74, 6) is -0.620. The lowest BCUT2D eigenvalue weighted by molar-refractivity contribution is -0.150. The number of thiazole rings is 1. The molecule has 1 aromatic rings. The summed E-state index contributed by atoms with van der Waals surface area (Å²) in [6, 6.07) is 0. The predicted molar refractivity (Wildman–Crippen MR) is 48.6 cm³/mol. The number of carbonyl (C=O) groups excluding carboxylic acids is 1. The third kappa shape index (κ3) is 2.78. The molecular weight excluding hydrogens is 190 g/mol. The smallest absolute Gasteiger partial charge is 0.335 e. The van der Waals surface area contributed by atoms with Gasteiger partial charge in [-0.05, 0) is 6.92 Å². The summed E-state index contributed by atoms with van der Waals surface area (Å²) in [7, 11) is 1.25. The van der Waals surface area contributed by atoms with Crippen molar-refractivity contribution in [1.82, 2.24) is 4.98 Å². The molecule has 72 valence electrons. The van der Waals surface area contributed by atoms with Crippen molar-refractivity contribution in [1.29, 1.82) is 0 Å². The lowest BCUT2D eigenvalue weighted by Crippen LogP contribution is -2.24. The standard InChI is InChI=1S/C8H11NO3S/c1-5-9-6(4-13-5)3-7(10)8(11)12-2/h4,7,10H,3H2,1-2H3. The van der Waals surface area contributed by atoms with Crippen LogP contribution in [-0.2, 0) is 16.0 Å². The fourth-order valence-corrected chi connectivity index (χ4v) is 1.54. The van der Waals surface area contributed by atoms with Crippen molar-refractivity contribution in [2.24, 2.45) is 0 Å². The Morgan fingerprint density at radius 1 is 1.85 bits per heavy atom. The number of ether oxygens (including phenoxy) is 1. The molecule has 0 saturated carbocycles. The topological polar surface area (TPSA) is 59.4 Å². The third-order valence-electron chi connectivity index (χ3n) is 1.54. The van der Waals surface area contributed by atoms with Gasteiger partial charge >= 0.3 is 5.97 Å². The highest BCUT2D eigenvalue weighted by Gasteiger charge is 2.16. The number of aryl methyl sites for hydroxylation is 1. The van der Waals surface area contributed by atoms with Crippen molar-refractivity contribution in [3.63, 3.8) is 0 Å². The van der Waals surface area contributed by atoms with E-state index in [4.69, 9.17) is 0 Å². The molecule has 0 aliphatic carbocycles. The predicted octanol–water partition coefficient (Wildman–Crippen LogP) is 0.528. The van der Waals surface area contributed by atoms with Crippen LogP contribution < -0.4 is 0 Å². The monoisotopic (exact) mass is 201 g/mol. The van der Waals surface area contributed by atoms with E-state index in [2.05, 4.69) is 9.72 Å². The molecule has 1 atom stereocenters. The number of aliphatic hydroxyl groups is 1. The van der Waals surface area contributed by atoms with Gasteiger partial charge in [-0.15, -0.1) is 11.3 Å². The Morgan fingerprint density at radius 3 is 3.00 bits per heavy atom. The van der Waals surface area contributed by atoms with Crippen molar-refractivity contribution < 1.29 is 14.6 Å². The second-order valence-electron chi connectivity index (χ2n) is 2.60. The van der Waals surface area contributed by atoms with Gasteiger partial charge in [0.25, 0.3) is 0 Å². The Hall–Kier alpha value is -0.940. The van der Waals surface area contributed by atoms with Crippen LogP contribution in [0.4, 0.5) is 0 Å². The summed E-state index contributed by atoms with van der Waals surface area (Å²) in [5.41, 5.74) is 0.723. The number of aromatic nitrogens is 1. The van der Waals surface area contributed by atoms with Crippen LogP contribution >= 0.6 is 11.3 Å². The van der Waals surface area contributed by atoms with E-state index in [1.807, 2.05) is 12.3 Å². The van der Waals surface area contributed by atoms with Crippen LogP contribution in [0.5, 0.6) is 0 Å². The second kappa shape index (κ2) is 4.34. The van der Waals surface area contributed by atoms with Crippen LogP contribution in [0.1, 0.15) is 10.7 Å². The zero-order valence-corrected chi connectivity index (χ0v) is 8.30. The van der Waals surface area contributed by atoms with Gasteiger partial charge < -0.3 is 9.84 Å². The SMILES string of the molecule is COC(=O)C(O)Cc1csc(C)n1. The van der Waals surface area contributed by atoms with Crippen LogP contribution in [-0.4, -0.2) is 29.3 Å². The van der Waals surface area contributed by atoms with Gasteiger partial charge in [-0.2, -0.15) is 0 Å². The molecule has 13 heavy (non-hydrogen) atoms. The molecule has 1 N–H and O–H groups in total. The third-order valence-corrected chi connectivity index (χ3v) is 2.36. The Kier molecular flexibility index (Phi) is 3.39. The molecule has 0 fully saturated rings. The number of hydrogen-bond acceptors (Lipinski definition) is 5.